The van der Waals surface area contributed by atoms with E-state index in [0.717, 1.165) is 5.56 Å². The number of rotatable bonds is 7. The van der Waals surface area contributed by atoms with Crippen LogP contribution in [0.25, 0.3) is 0 Å². The first-order valence-electron chi connectivity index (χ1n) is 7.46. The Morgan fingerprint density at radius 1 is 0.957 bits per heavy atom. The van der Waals surface area contributed by atoms with E-state index in [-0.39, 0.29) is 4.90 Å². The molecule has 124 valence electrons. The van der Waals surface area contributed by atoms with Crippen molar-refractivity contribution in [2.75, 3.05) is 17.9 Å². The first kappa shape index (κ1) is 17.1. The molecule has 0 amide bonds. The molecular weight excluding hydrogens is 314 g/mol. The minimum Gasteiger partial charge on any atom is -0.490 e. The van der Waals surface area contributed by atoms with Crippen molar-refractivity contribution in [2.45, 2.75) is 25.7 Å². The largest absolute Gasteiger partial charge is 0.490 e. The van der Waals surface area contributed by atoms with Gasteiger partial charge in [0, 0.05) is 6.07 Å². The molecule has 1 N–H and O–H groups in total. The number of hydrogen-bond acceptors (Lipinski definition) is 4. The first-order valence-corrected chi connectivity index (χ1v) is 8.94. The lowest BCUT2D eigenvalue weighted by Gasteiger charge is -2.14. The van der Waals surface area contributed by atoms with E-state index in [9.17, 15) is 8.42 Å². The lowest BCUT2D eigenvalue weighted by atomic mass is 10.2. The number of ether oxygens (including phenoxy) is 2. The van der Waals surface area contributed by atoms with E-state index in [4.69, 9.17) is 9.47 Å². The zero-order valence-electron chi connectivity index (χ0n) is 13.5. The first-order chi connectivity index (χ1) is 11.0. The molecule has 0 unspecified atom stereocenters. The highest BCUT2D eigenvalue weighted by Gasteiger charge is 2.18. The van der Waals surface area contributed by atoms with Crippen LogP contribution in [-0.2, 0) is 10.0 Å². The second-order valence-electron chi connectivity index (χ2n) is 4.89. The summed E-state index contributed by atoms with van der Waals surface area (Å²) in [5.41, 5.74) is 1.41. The van der Waals surface area contributed by atoms with E-state index < -0.39 is 10.0 Å². The molecule has 0 atom stereocenters. The zero-order chi connectivity index (χ0) is 16.9. The third-order valence-corrected chi connectivity index (χ3v) is 4.58. The molecule has 23 heavy (non-hydrogen) atoms. The van der Waals surface area contributed by atoms with Crippen LogP contribution in [-0.4, -0.2) is 21.6 Å². The molecule has 0 radical (unpaired) electrons. The van der Waals surface area contributed by atoms with Gasteiger partial charge in [0.25, 0.3) is 10.0 Å². The average molecular weight is 335 g/mol. The van der Waals surface area contributed by atoms with Crippen molar-refractivity contribution in [3.05, 3.63) is 48.0 Å². The van der Waals surface area contributed by atoms with E-state index >= 15 is 0 Å². The molecule has 0 aromatic heterocycles. The van der Waals surface area contributed by atoms with Gasteiger partial charge in [-0.2, -0.15) is 0 Å². The van der Waals surface area contributed by atoms with Crippen molar-refractivity contribution < 1.29 is 17.9 Å². The van der Waals surface area contributed by atoms with Crippen molar-refractivity contribution in [3.8, 4) is 11.5 Å². The van der Waals surface area contributed by atoms with Gasteiger partial charge in [0.1, 0.15) is 0 Å². The highest BCUT2D eigenvalue weighted by molar-refractivity contribution is 7.92. The third-order valence-electron chi connectivity index (χ3n) is 3.21. The van der Waals surface area contributed by atoms with Crippen LogP contribution in [0, 0.1) is 6.92 Å². The summed E-state index contributed by atoms with van der Waals surface area (Å²) in [7, 11) is -3.69. The smallest absolute Gasteiger partial charge is 0.262 e. The highest BCUT2D eigenvalue weighted by Crippen LogP contribution is 2.31. The van der Waals surface area contributed by atoms with Gasteiger partial charge in [-0.15, -0.1) is 0 Å². The third kappa shape index (κ3) is 4.16. The molecule has 0 fully saturated rings. The number of anilines is 1. The van der Waals surface area contributed by atoms with Gasteiger partial charge < -0.3 is 9.47 Å². The Balaban J connectivity index is 2.36. The lowest BCUT2D eigenvalue weighted by molar-refractivity contribution is 0.287. The maximum Gasteiger partial charge on any atom is 0.262 e. The monoisotopic (exact) mass is 335 g/mol. The quantitative estimate of drug-likeness (QED) is 0.840. The summed E-state index contributed by atoms with van der Waals surface area (Å²) in [5.74, 6) is 0.950. The molecular formula is C17H21NO4S. The summed E-state index contributed by atoms with van der Waals surface area (Å²) in [6, 6.07) is 11.8. The van der Waals surface area contributed by atoms with Gasteiger partial charge >= 0.3 is 0 Å². The van der Waals surface area contributed by atoms with Crippen LogP contribution in [0.5, 0.6) is 11.5 Å². The van der Waals surface area contributed by atoms with Crippen LogP contribution in [0.4, 0.5) is 5.69 Å². The van der Waals surface area contributed by atoms with E-state index in [1.54, 1.807) is 18.2 Å². The lowest BCUT2D eigenvalue weighted by Crippen LogP contribution is -2.14. The molecule has 0 aliphatic carbocycles. The van der Waals surface area contributed by atoms with Crippen LogP contribution in [0.3, 0.4) is 0 Å². The fourth-order valence-corrected chi connectivity index (χ4v) is 3.24. The van der Waals surface area contributed by atoms with Crippen molar-refractivity contribution in [3.63, 3.8) is 0 Å². The van der Waals surface area contributed by atoms with Gasteiger partial charge in [-0.3, -0.25) is 4.72 Å². The van der Waals surface area contributed by atoms with Crippen molar-refractivity contribution in [1.29, 1.82) is 0 Å². The van der Waals surface area contributed by atoms with Crippen molar-refractivity contribution >= 4 is 15.7 Å². The number of aryl methyl sites for hydroxylation is 1. The summed E-state index contributed by atoms with van der Waals surface area (Å²) in [4.78, 5) is 0.132. The molecule has 0 bridgehead atoms. The molecule has 2 aromatic rings. The summed E-state index contributed by atoms with van der Waals surface area (Å²) in [6.07, 6.45) is 0. The topological polar surface area (TPSA) is 64.6 Å². The summed E-state index contributed by atoms with van der Waals surface area (Å²) < 4.78 is 38.7. The Kier molecular flexibility index (Phi) is 5.50. The molecule has 5 nitrogen and oxygen atoms in total. The fraction of sp³-hybridized carbons (Fsp3) is 0.294. The van der Waals surface area contributed by atoms with E-state index in [0.29, 0.717) is 30.4 Å². The van der Waals surface area contributed by atoms with Crippen LogP contribution in [0.15, 0.2) is 47.4 Å². The van der Waals surface area contributed by atoms with Crippen molar-refractivity contribution in [2.24, 2.45) is 0 Å². The Labute approximate surface area is 137 Å². The Morgan fingerprint density at radius 2 is 1.61 bits per heavy atom. The number of sulfonamides is 1. The summed E-state index contributed by atoms with van der Waals surface area (Å²) >= 11 is 0. The van der Waals surface area contributed by atoms with E-state index in [2.05, 4.69) is 4.72 Å². The molecule has 2 aromatic carbocycles. The number of nitrogens with one attached hydrogen (secondary N) is 1. The van der Waals surface area contributed by atoms with Gasteiger partial charge in [0.15, 0.2) is 11.5 Å². The maximum atomic E-state index is 12.6. The molecule has 0 spiro atoms. The number of hydrogen-bond donors (Lipinski definition) is 1. The molecule has 0 saturated heterocycles. The van der Waals surface area contributed by atoms with Gasteiger partial charge in [-0.05, 0) is 44.5 Å². The predicted octanol–water partition coefficient (Wildman–Crippen LogP) is 3.59. The Morgan fingerprint density at radius 3 is 2.26 bits per heavy atom. The van der Waals surface area contributed by atoms with E-state index in [1.807, 2.05) is 32.9 Å². The normalized spacial score (nSPS) is 11.1. The van der Waals surface area contributed by atoms with Gasteiger partial charge in [0.05, 0.1) is 23.8 Å². The molecule has 0 aliphatic rings. The summed E-state index contributed by atoms with van der Waals surface area (Å²) in [6.45, 7) is 6.45. The van der Waals surface area contributed by atoms with E-state index in [1.165, 1.54) is 12.1 Å². The van der Waals surface area contributed by atoms with Gasteiger partial charge in [-0.1, -0.05) is 18.2 Å². The highest BCUT2D eigenvalue weighted by atomic mass is 32.2. The molecule has 0 heterocycles. The van der Waals surface area contributed by atoms with Gasteiger partial charge in [-0.25, -0.2) is 8.42 Å². The Bertz CT molecular complexity index is 772. The molecule has 6 heteroatoms. The van der Waals surface area contributed by atoms with Gasteiger partial charge in [0.2, 0.25) is 0 Å². The maximum absolute atomic E-state index is 12.6. The fourth-order valence-electron chi connectivity index (χ4n) is 2.09. The van der Waals surface area contributed by atoms with Crippen molar-refractivity contribution in [1.82, 2.24) is 0 Å². The molecule has 2 rings (SSSR count). The van der Waals surface area contributed by atoms with Crippen LogP contribution in [0.2, 0.25) is 0 Å². The minimum atomic E-state index is -3.69. The second kappa shape index (κ2) is 7.37. The zero-order valence-corrected chi connectivity index (χ0v) is 14.3. The predicted molar refractivity (Wildman–Crippen MR) is 90.8 cm³/mol. The SMILES string of the molecule is CCOc1ccc(S(=O)(=O)Nc2ccccc2C)cc1OCC. The van der Waals surface area contributed by atoms with Crippen LogP contribution >= 0.6 is 0 Å². The summed E-state index contributed by atoms with van der Waals surface area (Å²) in [5, 5.41) is 0. The Hall–Kier alpha value is -2.21. The molecule has 0 aliphatic heterocycles. The molecule has 0 saturated carbocycles. The van der Waals surface area contributed by atoms with Crippen LogP contribution < -0.4 is 14.2 Å². The number of benzene rings is 2. The average Bonchev–Trinajstić information content (AvgIpc) is 2.51. The minimum absolute atomic E-state index is 0.132. The van der Waals surface area contributed by atoms with Crippen LogP contribution in [0.1, 0.15) is 19.4 Å². The second-order valence-corrected chi connectivity index (χ2v) is 6.58. The number of para-hydroxylation sites is 1. The standard InChI is InChI=1S/C17H21NO4S/c1-4-21-16-11-10-14(12-17(16)22-5-2)23(19,20)18-15-9-7-6-8-13(15)3/h6-12,18H,4-5H2,1-3H3.